The minimum absolute atomic E-state index is 0.245. The predicted octanol–water partition coefficient (Wildman–Crippen LogP) is 2.13. The summed E-state index contributed by atoms with van der Waals surface area (Å²) < 4.78 is 12.0. The fraction of sp³-hybridized carbons (Fsp3) is 0.571. The molecule has 1 saturated carbocycles. The Kier molecular flexibility index (Phi) is 5.93. The van der Waals surface area contributed by atoms with Crippen LogP contribution in [-0.4, -0.2) is 50.6 Å². The van der Waals surface area contributed by atoms with Gasteiger partial charge in [0.25, 0.3) is 0 Å². The number of pyridine rings is 1. The number of aromatic amines is 1. The van der Waals surface area contributed by atoms with Crippen LogP contribution in [0.2, 0.25) is 5.15 Å². The summed E-state index contributed by atoms with van der Waals surface area (Å²) in [7, 11) is 0. The smallest absolute Gasteiger partial charge is 0.180 e. The third kappa shape index (κ3) is 4.28. The van der Waals surface area contributed by atoms with Gasteiger partial charge < -0.3 is 20.5 Å². The van der Waals surface area contributed by atoms with E-state index >= 15 is 0 Å². The van der Waals surface area contributed by atoms with Crippen molar-refractivity contribution < 1.29 is 14.6 Å². The Balaban J connectivity index is 0.000000188. The van der Waals surface area contributed by atoms with Crippen molar-refractivity contribution in [1.29, 1.82) is 0 Å². The highest BCUT2D eigenvalue weighted by Crippen LogP contribution is 2.24. The van der Waals surface area contributed by atoms with Gasteiger partial charge in [0.15, 0.2) is 5.65 Å². The molecule has 0 aromatic carbocycles. The monoisotopic (exact) mass is 330 g/mol. The van der Waals surface area contributed by atoms with E-state index in [1.807, 2.05) is 6.92 Å². The fourth-order valence-electron chi connectivity index (χ4n) is 2.45. The average Bonchev–Trinajstić information content (AvgIpc) is 3.03. The first-order valence-corrected chi connectivity index (χ1v) is 7.54. The molecule has 1 aliphatic carbocycles. The number of nitrogens with one attached hydrogen (secondary N) is 2. The number of aliphatic hydroxyl groups excluding tert-OH is 2. The molecule has 8 heteroatoms. The molecule has 0 amide bonds. The molecule has 0 radical (unpaired) electrons. The molecule has 0 saturated heterocycles. The molecule has 6 nitrogen and oxygen atoms in total. The highest BCUT2D eigenvalue weighted by Gasteiger charge is 2.27. The zero-order valence-electron chi connectivity index (χ0n) is 12.3. The van der Waals surface area contributed by atoms with Crippen LogP contribution in [0, 0.1) is 5.92 Å². The van der Waals surface area contributed by atoms with E-state index in [1.165, 1.54) is 6.33 Å². The van der Waals surface area contributed by atoms with E-state index in [1.54, 1.807) is 6.07 Å². The Morgan fingerprint density at radius 2 is 2.09 bits per heavy atom. The Bertz CT molecular complexity index is 600. The number of H-pyrrole nitrogens is 1. The number of aromatic nitrogens is 3. The summed E-state index contributed by atoms with van der Waals surface area (Å²) in [6.45, 7) is 1.85. The lowest BCUT2D eigenvalue weighted by Crippen LogP contribution is -2.17. The Morgan fingerprint density at radius 1 is 1.41 bits per heavy atom. The van der Waals surface area contributed by atoms with Crippen LogP contribution < -0.4 is 5.32 Å². The number of imidazole rings is 1. The number of fused-ring (bicyclic) bond motifs is 1. The van der Waals surface area contributed by atoms with Gasteiger partial charge in [-0.15, -0.1) is 0 Å². The van der Waals surface area contributed by atoms with Gasteiger partial charge >= 0.3 is 0 Å². The SMILES string of the molecule is CC1CC(O)C(O)C1.FCCNc1cc(Cl)nc2nc[nH]c12. The maximum atomic E-state index is 12.0. The number of anilines is 1. The fourth-order valence-corrected chi connectivity index (χ4v) is 2.64. The lowest BCUT2D eigenvalue weighted by Gasteiger charge is -2.04. The molecule has 122 valence electrons. The number of nitrogens with zero attached hydrogens (tertiary/aromatic N) is 2. The van der Waals surface area contributed by atoms with Gasteiger partial charge in [-0.3, -0.25) is 0 Å². The number of halogens is 2. The first-order valence-electron chi connectivity index (χ1n) is 7.16. The molecule has 0 aliphatic heterocycles. The molecule has 22 heavy (non-hydrogen) atoms. The maximum absolute atomic E-state index is 12.0. The molecule has 1 fully saturated rings. The largest absolute Gasteiger partial charge is 0.390 e. The zero-order valence-corrected chi connectivity index (χ0v) is 13.0. The number of hydrogen-bond acceptors (Lipinski definition) is 5. The van der Waals surface area contributed by atoms with Gasteiger partial charge in [0.2, 0.25) is 0 Å². The molecule has 2 aromatic rings. The van der Waals surface area contributed by atoms with E-state index in [9.17, 15) is 4.39 Å². The summed E-state index contributed by atoms with van der Waals surface area (Å²) in [6.07, 6.45) is 2.15. The van der Waals surface area contributed by atoms with E-state index in [0.29, 0.717) is 16.7 Å². The van der Waals surface area contributed by atoms with Crippen molar-refractivity contribution in [2.75, 3.05) is 18.5 Å². The lowest BCUT2D eigenvalue weighted by molar-refractivity contribution is 0.0438. The highest BCUT2D eigenvalue weighted by molar-refractivity contribution is 6.30. The van der Waals surface area contributed by atoms with Crippen LogP contribution in [0.5, 0.6) is 0 Å². The molecule has 2 atom stereocenters. The predicted molar refractivity (Wildman–Crippen MR) is 83.8 cm³/mol. The van der Waals surface area contributed by atoms with Gasteiger partial charge in [-0.05, 0) is 18.8 Å². The summed E-state index contributed by atoms with van der Waals surface area (Å²) in [5.74, 6) is 0.500. The van der Waals surface area contributed by atoms with Crippen LogP contribution in [0.25, 0.3) is 11.2 Å². The molecule has 2 aromatic heterocycles. The molecule has 3 rings (SSSR count). The van der Waals surface area contributed by atoms with Crippen LogP contribution in [-0.2, 0) is 0 Å². The van der Waals surface area contributed by atoms with Crippen molar-refractivity contribution >= 4 is 28.5 Å². The van der Waals surface area contributed by atoms with Crippen molar-refractivity contribution in [2.24, 2.45) is 5.92 Å². The number of alkyl halides is 1. The summed E-state index contributed by atoms with van der Waals surface area (Å²) in [4.78, 5) is 10.9. The van der Waals surface area contributed by atoms with Crippen LogP contribution in [0.3, 0.4) is 0 Å². The Hall–Kier alpha value is -1.44. The minimum Gasteiger partial charge on any atom is -0.390 e. The number of hydrogen-bond donors (Lipinski definition) is 4. The van der Waals surface area contributed by atoms with Gasteiger partial charge in [0.1, 0.15) is 17.3 Å². The van der Waals surface area contributed by atoms with Crippen LogP contribution in [0.15, 0.2) is 12.4 Å². The zero-order chi connectivity index (χ0) is 16.1. The van der Waals surface area contributed by atoms with Crippen LogP contribution in [0.4, 0.5) is 10.1 Å². The second-order valence-corrected chi connectivity index (χ2v) is 5.81. The first-order chi connectivity index (χ1) is 10.5. The molecular formula is C14H20ClFN4O2. The van der Waals surface area contributed by atoms with Gasteiger partial charge in [0, 0.05) is 12.6 Å². The van der Waals surface area contributed by atoms with E-state index < -0.39 is 18.9 Å². The molecule has 0 spiro atoms. The second kappa shape index (κ2) is 7.71. The first kappa shape index (κ1) is 16.9. The molecule has 1 aliphatic rings. The van der Waals surface area contributed by atoms with Gasteiger partial charge in [0.05, 0.1) is 24.2 Å². The van der Waals surface area contributed by atoms with Crippen molar-refractivity contribution in [3.8, 4) is 0 Å². The second-order valence-electron chi connectivity index (χ2n) is 5.42. The molecule has 2 unspecified atom stereocenters. The molecule has 0 bridgehead atoms. The quantitative estimate of drug-likeness (QED) is 0.647. The summed E-state index contributed by atoms with van der Waals surface area (Å²) in [5.41, 5.74) is 1.98. The Labute approximate surface area is 132 Å². The van der Waals surface area contributed by atoms with Crippen molar-refractivity contribution in [3.63, 3.8) is 0 Å². The number of aliphatic hydroxyl groups is 2. The topological polar surface area (TPSA) is 94.1 Å². The van der Waals surface area contributed by atoms with E-state index in [0.717, 1.165) is 24.0 Å². The minimum atomic E-state index is -0.454. The van der Waals surface area contributed by atoms with Gasteiger partial charge in [-0.1, -0.05) is 18.5 Å². The lowest BCUT2D eigenvalue weighted by atomic mass is 10.1. The van der Waals surface area contributed by atoms with Crippen molar-refractivity contribution in [1.82, 2.24) is 15.0 Å². The van der Waals surface area contributed by atoms with Gasteiger partial charge in [-0.25, -0.2) is 14.4 Å². The van der Waals surface area contributed by atoms with E-state index in [2.05, 4.69) is 20.3 Å². The molecule has 4 N–H and O–H groups in total. The maximum Gasteiger partial charge on any atom is 0.180 e. The van der Waals surface area contributed by atoms with E-state index in [-0.39, 0.29) is 6.54 Å². The summed E-state index contributed by atoms with van der Waals surface area (Å²) in [5, 5.41) is 21.1. The summed E-state index contributed by atoms with van der Waals surface area (Å²) in [6, 6.07) is 1.64. The third-order valence-electron chi connectivity index (χ3n) is 3.51. The normalized spacial score (nSPS) is 24.1. The van der Waals surface area contributed by atoms with Crippen molar-refractivity contribution in [3.05, 3.63) is 17.5 Å². The van der Waals surface area contributed by atoms with Crippen molar-refractivity contribution in [2.45, 2.75) is 32.0 Å². The average molecular weight is 331 g/mol. The standard InChI is InChI=1S/C8H8ClFN4.C6H12O2/c9-6-3-5(11-2-1-10)7-8(14-6)13-4-12-7;1-4-2-5(7)6(8)3-4/h3-4H,1-2H2,(H2,11,12,13,14);4-8H,2-3H2,1H3. The van der Waals surface area contributed by atoms with Crippen LogP contribution in [0.1, 0.15) is 19.8 Å². The third-order valence-corrected chi connectivity index (χ3v) is 3.70. The molecule has 2 heterocycles. The Morgan fingerprint density at radius 3 is 2.64 bits per heavy atom. The van der Waals surface area contributed by atoms with Gasteiger partial charge in [-0.2, -0.15) is 0 Å². The summed E-state index contributed by atoms with van der Waals surface area (Å²) >= 11 is 5.76. The van der Waals surface area contributed by atoms with Crippen LogP contribution >= 0.6 is 11.6 Å². The molecular weight excluding hydrogens is 311 g/mol. The van der Waals surface area contributed by atoms with E-state index in [4.69, 9.17) is 21.8 Å². The highest BCUT2D eigenvalue weighted by atomic mass is 35.5. The number of rotatable bonds is 3.